The maximum atomic E-state index is 10.7. The van der Waals surface area contributed by atoms with Crippen LogP contribution >= 0.6 is 0 Å². The van der Waals surface area contributed by atoms with Gasteiger partial charge in [0.1, 0.15) is 12.7 Å². The summed E-state index contributed by atoms with van der Waals surface area (Å²) in [7, 11) is 0. The zero-order valence-electron chi connectivity index (χ0n) is 13.7. The third-order valence-electron chi connectivity index (χ3n) is 3.82. The Kier molecular flexibility index (Phi) is 6.20. The van der Waals surface area contributed by atoms with Gasteiger partial charge >= 0.3 is 0 Å². The molecule has 0 aliphatic carbocycles. The standard InChI is InChI=1S/C20H20O5/c21-15-24-19-14-23-20(17-9-5-2-6-10-17)25-18(19)11-12-22-13-16-7-3-1-4-8-16/h1-12,15,18-20H,13-14H2/b12-11+/t18-,19-,20+/m1/s1. The van der Waals surface area contributed by atoms with E-state index in [4.69, 9.17) is 18.9 Å². The van der Waals surface area contributed by atoms with Crippen molar-refractivity contribution in [3.05, 3.63) is 84.1 Å². The maximum absolute atomic E-state index is 10.7. The molecule has 130 valence electrons. The van der Waals surface area contributed by atoms with Crippen molar-refractivity contribution in [2.24, 2.45) is 0 Å². The minimum absolute atomic E-state index is 0.256. The van der Waals surface area contributed by atoms with Crippen molar-refractivity contribution in [1.82, 2.24) is 0 Å². The van der Waals surface area contributed by atoms with Crippen LogP contribution < -0.4 is 0 Å². The number of hydrogen-bond donors (Lipinski definition) is 0. The summed E-state index contributed by atoms with van der Waals surface area (Å²) in [5, 5.41) is 0. The molecule has 0 amide bonds. The van der Waals surface area contributed by atoms with Gasteiger partial charge in [0.25, 0.3) is 6.47 Å². The Bertz CT molecular complexity index is 671. The van der Waals surface area contributed by atoms with Crippen LogP contribution in [0.4, 0.5) is 0 Å². The predicted octanol–water partition coefficient (Wildman–Crippen LogP) is 3.37. The highest BCUT2D eigenvalue weighted by Crippen LogP contribution is 2.28. The van der Waals surface area contributed by atoms with Gasteiger partial charge in [0.15, 0.2) is 12.4 Å². The predicted molar refractivity (Wildman–Crippen MR) is 91.3 cm³/mol. The molecule has 3 atom stereocenters. The summed E-state index contributed by atoms with van der Waals surface area (Å²) in [6.07, 6.45) is 1.87. The average Bonchev–Trinajstić information content (AvgIpc) is 2.68. The van der Waals surface area contributed by atoms with Crippen molar-refractivity contribution in [2.75, 3.05) is 6.61 Å². The fraction of sp³-hybridized carbons (Fsp3) is 0.250. The Morgan fingerprint density at radius 1 is 1.04 bits per heavy atom. The highest BCUT2D eigenvalue weighted by Gasteiger charge is 2.32. The number of carbonyl (C=O) groups is 1. The molecule has 1 aliphatic heterocycles. The largest absolute Gasteiger partial charge is 0.497 e. The highest BCUT2D eigenvalue weighted by atomic mass is 16.7. The first-order valence-electron chi connectivity index (χ1n) is 8.10. The Hall–Kier alpha value is -2.63. The number of ether oxygens (including phenoxy) is 4. The number of benzene rings is 2. The van der Waals surface area contributed by atoms with E-state index in [9.17, 15) is 4.79 Å². The van der Waals surface area contributed by atoms with Gasteiger partial charge in [-0.15, -0.1) is 0 Å². The Morgan fingerprint density at radius 2 is 1.76 bits per heavy atom. The monoisotopic (exact) mass is 340 g/mol. The van der Waals surface area contributed by atoms with Crippen LogP contribution in [0, 0.1) is 0 Å². The van der Waals surface area contributed by atoms with E-state index in [0.29, 0.717) is 13.1 Å². The van der Waals surface area contributed by atoms with Crippen molar-refractivity contribution < 1.29 is 23.7 Å². The summed E-state index contributed by atoms with van der Waals surface area (Å²) in [5.74, 6) is 0. The average molecular weight is 340 g/mol. The van der Waals surface area contributed by atoms with E-state index in [-0.39, 0.29) is 6.61 Å². The van der Waals surface area contributed by atoms with Gasteiger partial charge in [-0.3, -0.25) is 4.79 Å². The van der Waals surface area contributed by atoms with E-state index < -0.39 is 18.5 Å². The van der Waals surface area contributed by atoms with Gasteiger partial charge in [0.05, 0.1) is 12.9 Å². The Labute approximate surface area is 146 Å². The first-order valence-corrected chi connectivity index (χ1v) is 8.10. The molecule has 5 heteroatoms. The lowest BCUT2D eigenvalue weighted by atomic mass is 10.1. The van der Waals surface area contributed by atoms with Gasteiger partial charge in [-0.25, -0.2) is 0 Å². The van der Waals surface area contributed by atoms with E-state index in [0.717, 1.165) is 11.1 Å². The van der Waals surface area contributed by atoms with Gasteiger partial charge in [-0.05, 0) is 11.6 Å². The van der Waals surface area contributed by atoms with Gasteiger partial charge in [0.2, 0.25) is 0 Å². The molecular formula is C20H20O5. The molecule has 1 fully saturated rings. The third-order valence-corrected chi connectivity index (χ3v) is 3.82. The molecule has 0 radical (unpaired) electrons. The second kappa shape index (κ2) is 9.01. The minimum Gasteiger partial charge on any atom is -0.497 e. The molecule has 0 N–H and O–H groups in total. The number of hydrogen-bond acceptors (Lipinski definition) is 5. The van der Waals surface area contributed by atoms with Crippen LogP contribution in [0.25, 0.3) is 0 Å². The second-order valence-electron chi connectivity index (χ2n) is 5.57. The molecule has 1 saturated heterocycles. The lowest BCUT2D eigenvalue weighted by Crippen LogP contribution is -2.41. The molecule has 2 aromatic carbocycles. The van der Waals surface area contributed by atoms with Crippen LogP contribution in [0.5, 0.6) is 0 Å². The van der Waals surface area contributed by atoms with Gasteiger partial charge in [-0.2, -0.15) is 0 Å². The Morgan fingerprint density at radius 3 is 2.48 bits per heavy atom. The van der Waals surface area contributed by atoms with E-state index in [1.165, 1.54) is 0 Å². The van der Waals surface area contributed by atoms with E-state index >= 15 is 0 Å². The number of carbonyl (C=O) groups excluding carboxylic acids is 1. The van der Waals surface area contributed by atoms with Gasteiger partial charge in [-0.1, -0.05) is 60.7 Å². The summed E-state index contributed by atoms with van der Waals surface area (Å²) in [6.45, 7) is 1.12. The molecule has 0 aromatic heterocycles. The van der Waals surface area contributed by atoms with Gasteiger partial charge < -0.3 is 18.9 Å². The molecular weight excluding hydrogens is 320 g/mol. The maximum Gasteiger partial charge on any atom is 0.293 e. The van der Waals surface area contributed by atoms with E-state index in [1.54, 1.807) is 12.3 Å². The fourth-order valence-corrected chi connectivity index (χ4v) is 2.54. The summed E-state index contributed by atoms with van der Waals surface area (Å²) >= 11 is 0. The molecule has 0 bridgehead atoms. The van der Waals surface area contributed by atoms with Crippen LogP contribution in [0.15, 0.2) is 73.0 Å². The lowest BCUT2D eigenvalue weighted by Gasteiger charge is -2.33. The van der Waals surface area contributed by atoms with Crippen molar-refractivity contribution in [3.63, 3.8) is 0 Å². The fourth-order valence-electron chi connectivity index (χ4n) is 2.54. The molecule has 25 heavy (non-hydrogen) atoms. The first kappa shape index (κ1) is 17.2. The topological polar surface area (TPSA) is 54.0 Å². The van der Waals surface area contributed by atoms with Crippen LogP contribution in [0.1, 0.15) is 17.4 Å². The minimum atomic E-state index is -0.506. The zero-order chi connectivity index (χ0) is 17.3. The molecule has 3 rings (SSSR count). The highest BCUT2D eigenvalue weighted by molar-refractivity contribution is 5.37. The lowest BCUT2D eigenvalue weighted by molar-refractivity contribution is -0.247. The van der Waals surface area contributed by atoms with E-state index in [2.05, 4.69) is 0 Å². The molecule has 0 saturated carbocycles. The SMILES string of the molecule is O=CO[C@@H]1CO[C@H](c2ccccc2)O[C@@H]1/C=C/OCc1ccccc1. The van der Waals surface area contributed by atoms with Crippen molar-refractivity contribution in [2.45, 2.75) is 25.1 Å². The van der Waals surface area contributed by atoms with Gasteiger partial charge in [0, 0.05) is 5.56 Å². The quantitative estimate of drug-likeness (QED) is 0.571. The summed E-state index contributed by atoms with van der Waals surface area (Å²) in [6, 6.07) is 19.5. The summed E-state index contributed by atoms with van der Waals surface area (Å²) < 4.78 is 22.2. The third kappa shape index (κ3) is 4.92. The summed E-state index contributed by atoms with van der Waals surface area (Å²) in [5.41, 5.74) is 1.98. The molecule has 0 unspecified atom stereocenters. The molecule has 0 spiro atoms. The smallest absolute Gasteiger partial charge is 0.293 e. The van der Waals surface area contributed by atoms with E-state index in [1.807, 2.05) is 60.7 Å². The molecule has 1 heterocycles. The molecule has 1 aliphatic rings. The summed E-state index contributed by atoms with van der Waals surface area (Å²) in [4.78, 5) is 10.7. The normalized spacial score (nSPS) is 23.3. The zero-order valence-corrected chi connectivity index (χ0v) is 13.7. The molecule has 5 nitrogen and oxygen atoms in total. The first-order chi connectivity index (χ1) is 12.4. The van der Waals surface area contributed by atoms with Crippen molar-refractivity contribution in [1.29, 1.82) is 0 Å². The van der Waals surface area contributed by atoms with Crippen LogP contribution in [-0.2, 0) is 30.3 Å². The van der Waals surface area contributed by atoms with Crippen LogP contribution in [0.3, 0.4) is 0 Å². The Balaban J connectivity index is 1.60. The molecule has 2 aromatic rings. The van der Waals surface area contributed by atoms with Crippen molar-refractivity contribution >= 4 is 6.47 Å². The van der Waals surface area contributed by atoms with Crippen LogP contribution in [-0.4, -0.2) is 25.3 Å². The second-order valence-corrected chi connectivity index (χ2v) is 5.57. The van der Waals surface area contributed by atoms with Crippen LogP contribution in [0.2, 0.25) is 0 Å². The van der Waals surface area contributed by atoms with Crippen molar-refractivity contribution in [3.8, 4) is 0 Å². The number of rotatable bonds is 7.